The molecule has 1 saturated heterocycles. The molecule has 1 aliphatic carbocycles. The average molecular weight is 601 g/mol. The fourth-order valence-corrected chi connectivity index (χ4v) is 5.39. The maximum Gasteiger partial charge on any atom is 0.416 e. The van der Waals surface area contributed by atoms with Crippen molar-refractivity contribution in [3.8, 4) is 17.3 Å². The molecule has 1 atom stereocenters. The Bertz CT molecular complexity index is 1800. The Morgan fingerprint density at radius 2 is 1.80 bits per heavy atom. The lowest BCUT2D eigenvalue weighted by molar-refractivity contribution is -0.137. The number of nitrogens with one attached hydrogen (secondary N) is 1. The second kappa shape index (κ2) is 11.4. The number of amides is 2. The van der Waals surface area contributed by atoms with Gasteiger partial charge in [-0.3, -0.25) is 9.59 Å². The molecule has 3 N–H and O–H groups in total. The summed E-state index contributed by atoms with van der Waals surface area (Å²) >= 11 is 0. The summed E-state index contributed by atoms with van der Waals surface area (Å²) in [5, 5.41) is 17.6. The summed E-state index contributed by atoms with van der Waals surface area (Å²) in [5.41, 5.74) is 7.80. The van der Waals surface area contributed by atoms with Crippen molar-refractivity contribution >= 4 is 34.4 Å². The van der Waals surface area contributed by atoms with Crippen LogP contribution in [0.1, 0.15) is 41.6 Å². The first-order chi connectivity index (χ1) is 21.1. The van der Waals surface area contributed by atoms with Gasteiger partial charge in [-0.15, -0.1) is 0 Å². The number of likely N-dealkylation sites (tertiary alicyclic amines) is 1. The molecular weight excluding hydrogens is 573 g/mol. The number of anilines is 2. The van der Waals surface area contributed by atoms with E-state index in [0.717, 1.165) is 49.9 Å². The molecule has 1 aliphatic heterocycles. The normalized spacial score (nSPS) is 17.1. The van der Waals surface area contributed by atoms with Crippen molar-refractivity contribution in [2.75, 3.05) is 17.6 Å². The summed E-state index contributed by atoms with van der Waals surface area (Å²) in [6, 6.07) is 12.6. The number of alkyl halides is 3. The van der Waals surface area contributed by atoms with Crippen LogP contribution in [-0.2, 0) is 17.5 Å². The zero-order valence-corrected chi connectivity index (χ0v) is 23.4. The number of carbonyl (C=O) groups is 2. The second-order valence-corrected chi connectivity index (χ2v) is 10.9. The molecule has 0 bridgehead atoms. The van der Waals surface area contributed by atoms with Gasteiger partial charge in [0, 0.05) is 23.4 Å². The average Bonchev–Trinajstić information content (AvgIpc) is 3.59. The highest BCUT2D eigenvalue weighted by atomic mass is 19.4. The fraction of sp³-hybridized carbons (Fsp3) is 0.290. The first kappa shape index (κ1) is 28.9. The number of nitriles is 1. The standard InChI is InChI=1S/C31H27F3N8O2/c32-31(33,34)22-9-5-20(6-10-22)29(43)39-23-11-7-19(8-12-23)26-25-27(36)37-17-38-28(25)42(40-26)16-24-2-1-13-41(24)30(44)21(15-35)14-18-3-4-18/h5-12,14,17-18,24H,1-4,13,16H2,(H,39,43)(H2,36,37,38). The first-order valence-corrected chi connectivity index (χ1v) is 14.1. The Labute approximate surface area is 250 Å². The van der Waals surface area contributed by atoms with E-state index in [1.807, 2.05) is 0 Å². The van der Waals surface area contributed by atoms with Crippen molar-refractivity contribution in [2.45, 2.75) is 44.4 Å². The third kappa shape index (κ3) is 5.83. The third-order valence-corrected chi connectivity index (χ3v) is 7.85. The van der Waals surface area contributed by atoms with Crippen molar-refractivity contribution in [3.63, 3.8) is 0 Å². The lowest BCUT2D eigenvalue weighted by atomic mass is 10.1. The highest BCUT2D eigenvalue weighted by molar-refractivity contribution is 6.04. The van der Waals surface area contributed by atoms with Crippen LogP contribution in [0.2, 0.25) is 0 Å². The monoisotopic (exact) mass is 600 g/mol. The number of nitrogen functional groups attached to an aromatic ring is 1. The molecule has 2 fully saturated rings. The summed E-state index contributed by atoms with van der Waals surface area (Å²) in [6.07, 6.45) is 2.19. The topological polar surface area (TPSA) is 143 Å². The van der Waals surface area contributed by atoms with Crippen molar-refractivity contribution in [1.82, 2.24) is 24.6 Å². The van der Waals surface area contributed by atoms with Crippen LogP contribution in [0.15, 0.2) is 66.5 Å². The molecule has 0 spiro atoms. The minimum atomic E-state index is -4.49. The van der Waals surface area contributed by atoms with Crippen LogP contribution in [0.3, 0.4) is 0 Å². The van der Waals surface area contributed by atoms with E-state index in [4.69, 9.17) is 10.8 Å². The number of fused-ring (bicyclic) bond motifs is 1. The number of hydrogen-bond acceptors (Lipinski definition) is 7. The van der Waals surface area contributed by atoms with Gasteiger partial charge in [-0.05, 0) is 68.0 Å². The number of hydrogen-bond donors (Lipinski definition) is 2. The van der Waals surface area contributed by atoms with E-state index in [9.17, 15) is 28.0 Å². The van der Waals surface area contributed by atoms with E-state index < -0.39 is 17.6 Å². The minimum absolute atomic E-state index is 0.0843. The molecule has 2 aromatic carbocycles. The van der Waals surface area contributed by atoms with Crippen LogP contribution >= 0.6 is 0 Å². The Kier molecular flexibility index (Phi) is 7.50. The Hall–Kier alpha value is -5.25. The van der Waals surface area contributed by atoms with Crippen LogP contribution in [-0.4, -0.2) is 49.0 Å². The largest absolute Gasteiger partial charge is 0.416 e. The minimum Gasteiger partial charge on any atom is -0.383 e. The summed E-state index contributed by atoms with van der Waals surface area (Å²) < 4.78 is 40.3. The highest BCUT2D eigenvalue weighted by Crippen LogP contribution is 2.34. The predicted octanol–water partition coefficient (Wildman–Crippen LogP) is 5.20. The van der Waals surface area contributed by atoms with E-state index in [1.54, 1.807) is 39.9 Å². The van der Waals surface area contributed by atoms with Gasteiger partial charge < -0.3 is 16.0 Å². The van der Waals surface area contributed by atoms with E-state index in [0.29, 0.717) is 47.0 Å². The molecule has 3 heterocycles. The summed E-state index contributed by atoms with van der Waals surface area (Å²) in [7, 11) is 0. The first-order valence-electron chi connectivity index (χ1n) is 14.1. The van der Waals surface area contributed by atoms with Crippen molar-refractivity contribution in [2.24, 2.45) is 5.92 Å². The Morgan fingerprint density at radius 3 is 2.45 bits per heavy atom. The molecule has 4 aromatic rings. The van der Waals surface area contributed by atoms with Gasteiger partial charge in [0.2, 0.25) is 0 Å². The van der Waals surface area contributed by atoms with E-state index in [-0.39, 0.29) is 28.9 Å². The van der Waals surface area contributed by atoms with Gasteiger partial charge in [-0.25, -0.2) is 14.6 Å². The SMILES string of the molecule is N#CC(=CC1CC1)C(=O)N1CCCC1Cn1nc(-c2ccc(NC(=O)c3ccc(C(F)(F)F)cc3)cc2)c2c(N)ncnc21. The van der Waals surface area contributed by atoms with Crippen molar-refractivity contribution in [1.29, 1.82) is 5.26 Å². The van der Waals surface area contributed by atoms with E-state index >= 15 is 0 Å². The molecule has 44 heavy (non-hydrogen) atoms. The number of benzene rings is 2. The van der Waals surface area contributed by atoms with Gasteiger partial charge in [0.05, 0.1) is 23.5 Å². The number of allylic oxidation sites excluding steroid dienone is 1. The number of nitrogens with two attached hydrogens (primary N) is 1. The van der Waals surface area contributed by atoms with Crippen LogP contribution < -0.4 is 11.1 Å². The molecule has 13 heteroatoms. The Morgan fingerprint density at radius 1 is 1.07 bits per heavy atom. The molecule has 2 amide bonds. The van der Waals surface area contributed by atoms with Crippen LogP contribution in [0.4, 0.5) is 24.7 Å². The molecule has 2 aromatic heterocycles. The molecule has 1 saturated carbocycles. The van der Waals surface area contributed by atoms with Gasteiger partial charge in [0.1, 0.15) is 29.5 Å². The number of nitrogens with zero attached hydrogens (tertiary/aromatic N) is 6. The van der Waals surface area contributed by atoms with Crippen molar-refractivity contribution in [3.05, 3.63) is 77.6 Å². The zero-order chi connectivity index (χ0) is 31.0. The number of rotatable bonds is 7. The van der Waals surface area contributed by atoms with Gasteiger partial charge in [-0.1, -0.05) is 18.2 Å². The summed E-state index contributed by atoms with van der Waals surface area (Å²) in [5.74, 6) is -0.284. The molecule has 2 aliphatic rings. The zero-order valence-electron chi connectivity index (χ0n) is 23.4. The second-order valence-electron chi connectivity index (χ2n) is 10.9. The van der Waals surface area contributed by atoms with Gasteiger partial charge >= 0.3 is 6.18 Å². The predicted molar refractivity (Wildman–Crippen MR) is 156 cm³/mol. The fourth-order valence-electron chi connectivity index (χ4n) is 5.39. The third-order valence-electron chi connectivity index (χ3n) is 7.85. The van der Waals surface area contributed by atoms with Gasteiger partial charge in [0.15, 0.2) is 5.65 Å². The van der Waals surface area contributed by atoms with Crippen molar-refractivity contribution < 1.29 is 22.8 Å². The lowest BCUT2D eigenvalue weighted by Crippen LogP contribution is -2.39. The number of carbonyl (C=O) groups excluding carboxylic acids is 2. The molecule has 224 valence electrons. The summed E-state index contributed by atoms with van der Waals surface area (Å²) in [6.45, 7) is 0.901. The smallest absolute Gasteiger partial charge is 0.383 e. The summed E-state index contributed by atoms with van der Waals surface area (Å²) in [4.78, 5) is 36.1. The molecule has 0 radical (unpaired) electrons. The molecular formula is C31H27F3N8O2. The van der Waals surface area contributed by atoms with Gasteiger partial charge in [0.25, 0.3) is 11.8 Å². The highest BCUT2D eigenvalue weighted by Gasteiger charge is 2.33. The van der Waals surface area contributed by atoms with Gasteiger partial charge in [-0.2, -0.15) is 23.5 Å². The lowest BCUT2D eigenvalue weighted by Gasteiger charge is -2.24. The number of halogens is 3. The quantitative estimate of drug-likeness (QED) is 0.219. The Balaban J connectivity index is 1.22. The number of aromatic nitrogens is 4. The molecule has 1 unspecified atom stereocenters. The van der Waals surface area contributed by atoms with E-state index in [1.165, 1.54) is 6.33 Å². The van der Waals surface area contributed by atoms with Crippen LogP contribution in [0.25, 0.3) is 22.3 Å². The van der Waals surface area contributed by atoms with Crippen LogP contribution in [0, 0.1) is 17.2 Å². The molecule has 6 rings (SSSR count). The molecule has 10 nitrogen and oxygen atoms in total. The van der Waals surface area contributed by atoms with Crippen LogP contribution in [0.5, 0.6) is 0 Å². The maximum atomic E-state index is 13.2. The maximum absolute atomic E-state index is 13.2. The van der Waals surface area contributed by atoms with E-state index in [2.05, 4.69) is 21.4 Å².